The SMILES string of the molecule is CCCCC(CC)C/C(=C/[C@]1(CC)C[C@@H](CC)[C@@H](CC(=O)O)OO1)CC. The van der Waals surface area contributed by atoms with Crippen molar-refractivity contribution in [2.45, 2.75) is 111 Å². The lowest BCUT2D eigenvalue weighted by molar-refractivity contribution is -0.409. The first-order valence-electron chi connectivity index (χ1n) is 10.7. The third kappa shape index (κ3) is 7.03. The first-order valence-corrected chi connectivity index (χ1v) is 10.7. The summed E-state index contributed by atoms with van der Waals surface area (Å²) in [4.78, 5) is 22.5. The summed E-state index contributed by atoms with van der Waals surface area (Å²) in [6, 6.07) is 0. The van der Waals surface area contributed by atoms with E-state index in [0.717, 1.165) is 38.0 Å². The second-order valence-electron chi connectivity index (χ2n) is 7.88. The first-order chi connectivity index (χ1) is 12.4. The summed E-state index contributed by atoms with van der Waals surface area (Å²) in [7, 11) is 0. The van der Waals surface area contributed by atoms with E-state index >= 15 is 0 Å². The predicted octanol–water partition coefficient (Wildman–Crippen LogP) is 6.30. The lowest BCUT2D eigenvalue weighted by atomic mass is 9.79. The van der Waals surface area contributed by atoms with E-state index < -0.39 is 11.6 Å². The number of hydrogen-bond donors (Lipinski definition) is 1. The number of carbonyl (C=O) groups is 1. The summed E-state index contributed by atoms with van der Waals surface area (Å²) in [5, 5.41) is 9.10. The molecule has 1 rings (SSSR count). The van der Waals surface area contributed by atoms with E-state index in [1.807, 2.05) is 0 Å². The molecule has 1 fully saturated rings. The average Bonchev–Trinajstić information content (AvgIpc) is 2.65. The second-order valence-corrected chi connectivity index (χ2v) is 7.88. The number of carboxylic acids is 1. The highest BCUT2D eigenvalue weighted by atomic mass is 17.2. The van der Waals surface area contributed by atoms with Crippen LogP contribution in [0.3, 0.4) is 0 Å². The molecule has 0 aromatic carbocycles. The highest BCUT2D eigenvalue weighted by molar-refractivity contribution is 5.67. The van der Waals surface area contributed by atoms with Crippen LogP contribution in [0.5, 0.6) is 0 Å². The number of rotatable bonds is 12. The zero-order valence-electron chi connectivity index (χ0n) is 17.6. The van der Waals surface area contributed by atoms with Gasteiger partial charge in [-0.2, -0.15) is 0 Å². The smallest absolute Gasteiger partial charge is 0.306 e. The van der Waals surface area contributed by atoms with E-state index in [2.05, 4.69) is 40.7 Å². The quantitative estimate of drug-likeness (QED) is 0.324. The topological polar surface area (TPSA) is 55.8 Å². The van der Waals surface area contributed by atoms with Gasteiger partial charge in [-0.25, -0.2) is 9.78 Å². The Labute approximate surface area is 160 Å². The Morgan fingerprint density at radius 1 is 1.27 bits per heavy atom. The number of unbranched alkanes of at least 4 members (excludes halogenated alkanes) is 1. The van der Waals surface area contributed by atoms with Crippen LogP contribution in [-0.4, -0.2) is 22.8 Å². The van der Waals surface area contributed by atoms with Crippen molar-refractivity contribution in [1.29, 1.82) is 0 Å². The van der Waals surface area contributed by atoms with Gasteiger partial charge in [0.2, 0.25) is 0 Å². The van der Waals surface area contributed by atoms with Crippen molar-refractivity contribution in [3.63, 3.8) is 0 Å². The van der Waals surface area contributed by atoms with Crippen LogP contribution in [0.1, 0.15) is 98.8 Å². The van der Waals surface area contributed by atoms with Crippen LogP contribution in [-0.2, 0) is 14.6 Å². The maximum atomic E-state index is 11.1. The molecular weight excluding hydrogens is 328 g/mol. The predicted molar refractivity (Wildman–Crippen MR) is 106 cm³/mol. The average molecular weight is 369 g/mol. The summed E-state index contributed by atoms with van der Waals surface area (Å²) in [5.74, 6) is 0.130. The molecule has 0 saturated carbocycles. The van der Waals surface area contributed by atoms with Crippen LogP contribution in [0.2, 0.25) is 0 Å². The van der Waals surface area contributed by atoms with E-state index in [9.17, 15) is 4.79 Å². The van der Waals surface area contributed by atoms with E-state index in [1.165, 1.54) is 31.3 Å². The lowest BCUT2D eigenvalue weighted by Crippen LogP contribution is -2.44. The van der Waals surface area contributed by atoms with Crippen molar-refractivity contribution in [2.75, 3.05) is 0 Å². The summed E-state index contributed by atoms with van der Waals surface area (Å²) >= 11 is 0. The van der Waals surface area contributed by atoms with Crippen molar-refractivity contribution in [2.24, 2.45) is 11.8 Å². The molecule has 0 amide bonds. The first kappa shape index (κ1) is 23.2. The van der Waals surface area contributed by atoms with E-state index in [0.29, 0.717) is 0 Å². The number of aliphatic carboxylic acids is 1. The Kier molecular flexibility index (Phi) is 10.5. The van der Waals surface area contributed by atoms with Crippen molar-refractivity contribution in [3.8, 4) is 0 Å². The summed E-state index contributed by atoms with van der Waals surface area (Å²) in [6.45, 7) is 11.0. The zero-order valence-corrected chi connectivity index (χ0v) is 17.6. The van der Waals surface area contributed by atoms with Crippen LogP contribution in [0.4, 0.5) is 0 Å². The Morgan fingerprint density at radius 2 is 2.00 bits per heavy atom. The number of hydrogen-bond acceptors (Lipinski definition) is 3. The fourth-order valence-electron chi connectivity index (χ4n) is 4.01. The minimum absolute atomic E-state index is 0.0115. The summed E-state index contributed by atoms with van der Waals surface area (Å²) in [5.41, 5.74) is 1.04. The molecule has 4 atom stereocenters. The molecule has 0 spiro atoms. The Morgan fingerprint density at radius 3 is 2.50 bits per heavy atom. The number of allylic oxidation sites excluding steroid dienone is 1. The van der Waals surface area contributed by atoms with Gasteiger partial charge in [-0.3, -0.25) is 4.79 Å². The van der Waals surface area contributed by atoms with Gasteiger partial charge >= 0.3 is 5.97 Å². The molecule has 1 aliphatic heterocycles. The van der Waals surface area contributed by atoms with Crippen LogP contribution < -0.4 is 0 Å². The normalized spacial score (nSPS) is 28.1. The standard InChI is InChI=1S/C22H40O4/c1-6-11-12-17(7-2)13-18(8-3)15-22(10-5)16-19(9-4)20(25-26-22)14-21(23)24/h15,17,19-20H,6-14,16H2,1-5H3,(H,23,24)/b18-15+/t17?,19-,20-,22-/m1/s1. The molecular formula is C22H40O4. The molecule has 1 heterocycles. The lowest BCUT2D eigenvalue weighted by Gasteiger charge is -2.41. The van der Waals surface area contributed by atoms with Crippen molar-refractivity contribution in [3.05, 3.63) is 11.6 Å². The Bertz CT molecular complexity index is 445. The highest BCUT2D eigenvalue weighted by Gasteiger charge is 2.41. The molecule has 1 saturated heterocycles. The molecule has 0 aromatic rings. The minimum Gasteiger partial charge on any atom is -0.481 e. The molecule has 1 N–H and O–H groups in total. The molecule has 152 valence electrons. The maximum Gasteiger partial charge on any atom is 0.306 e. The highest BCUT2D eigenvalue weighted by Crippen LogP contribution is 2.39. The fourth-order valence-corrected chi connectivity index (χ4v) is 4.01. The van der Waals surface area contributed by atoms with Crippen LogP contribution in [0.15, 0.2) is 11.6 Å². The van der Waals surface area contributed by atoms with Gasteiger partial charge < -0.3 is 5.11 Å². The van der Waals surface area contributed by atoms with Crippen LogP contribution in [0, 0.1) is 11.8 Å². The molecule has 0 bridgehead atoms. The Hall–Kier alpha value is -0.870. The molecule has 26 heavy (non-hydrogen) atoms. The van der Waals surface area contributed by atoms with Gasteiger partial charge in [-0.15, -0.1) is 0 Å². The van der Waals surface area contributed by atoms with E-state index in [4.69, 9.17) is 14.9 Å². The van der Waals surface area contributed by atoms with Crippen LogP contribution in [0.25, 0.3) is 0 Å². The van der Waals surface area contributed by atoms with Crippen LogP contribution >= 0.6 is 0 Å². The molecule has 1 aliphatic rings. The van der Waals surface area contributed by atoms with Gasteiger partial charge in [-0.1, -0.05) is 78.4 Å². The third-order valence-electron chi connectivity index (χ3n) is 5.99. The Balaban J connectivity index is 2.89. The van der Waals surface area contributed by atoms with Gasteiger partial charge in [0.05, 0.1) is 6.42 Å². The third-order valence-corrected chi connectivity index (χ3v) is 5.99. The second kappa shape index (κ2) is 11.8. The minimum atomic E-state index is -0.826. The monoisotopic (exact) mass is 368 g/mol. The number of carboxylic acid groups (broad SMARTS) is 1. The maximum absolute atomic E-state index is 11.1. The van der Waals surface area contributed by atoms with E-state index in [-0.39, 0.29) is 18.4 Å². The molecule has 0 radical (unpaired) electrons. The summed E-state index contributed by atoms with van der Waals surface area (Å²) < 4.78 is 0. The molecule has 1 unspecified atom stereocenters. The van der Waals surface area contributed by atoms with Gasteiger partial charge in [-0.05, 0) is 37.5 Å². The van der Waals surface area contributed by atoms with Crippen molar-refractivity contribution in [1.82, 2.24) is 0 Å². The van der Waals surface area contributed by atoms with Gasteiger partial charge in [0.1, 0.15) is 11.7 Å². The van der Waals surface area contributed by atoms with Gasteiger partial charge in [0.15, 0.2) is 0 Å². The van der Waals surface area contributed by atoms with E-state index in [1.54, 1.807) is 0 Å². The molecule has 4 heteroatoms. The van der Waals surface area contributed by atoms with Gasteiger partial charge in [0, 0.05) is 0 Å². The molecule has 0 aromatic heterocycles. The fraction of sp³-hybridized carbons (Fsp3) is 0.864. The van der Waals surface area contributed by atoms with Crippen molar-refractivity contribution >= 4 is 5.97 Å². The van der Waals surface area contributed by atoms with Crippen molar-refractivity contribution < 1.29 is 19.7 Å². The molecule has 0 aliphatic carbocycles. The zero-order chi connectivity index (χ0) is 19.6. The van der Waals surface area contributed by atoms with Gasteiger partial charge in [0.25, 0.3) is 0 Å². The largest absolute Gasteiger partial charge is 0.481 e. The summed E-state index contributed by atoms with van der Waals surface area (Å²) in [6.07, 6.45) is 11.8. The molecule has 4 nitrogen and oxygen atoms in total.